The molecular formula is C12H12F3NO. The van der Waals surface area contributed by atoms with E-state index in [2.05, 4.69) is 0 Å². The smallest absolute Gasteiger partial charge is 0.345 e. The molecule has 0 radical (unpaired) electrons. The van der Waals surface area contributed by atoms with Crippen LogP contribution in [-0.4, -0.2) is 18.6 Å². The van der Waals surface area contributed by atoms with Gasteiger partial charge in [-0.25, -0.2) is 0 Å². The van der Waals surface area contributed by atoms with Gasteiger partial charge in [-0.2, -0.15) is 13.2 Å². The second-order valence-electron chi connectivity index (χ2n) is 3.46. The Kier molecular flexibility index (Phi) is 4.31. The SMILES string of the molecule is C/C(=C\CNC(=O)C(F)(F)F)c1ccccc1. The van der Waals surface area contributed by atoms with Crippen LogP contribution in [0.2, 0.25) is 0 Å². The standard InChI is InChI=1S/C12H12F3NO/c1-9(10-5-3-2-4-6-10)7-8-16-11(17)12(13,14)15/h2-7H,8H2,1H3,(H,16,17)/b9-7+. The van der Waals surface area contributed by atoms with E-state index < -0.39 is 12.1 Å². The van der Waals surface area contributed by atoms with E-state index in [1.807, 2.05) is 30.3 Å². The summed E-state index contributed by atoms with van der Waals surface area (Å²) in [5, 5.41) is 1.78. The lowest BCUT2D eigenvalue weighted by Crippen LogP contribution is -2.36. The van der Waals surface area contributed by atoms with Gasteiger partial charge in [0.05, 0.1) is 0 Å². The topological polar surface area (TPSA) is 29.1 Å². The summed E-state index contributed by atoms with van der Waals surface area (Å²) in [4.78, 5) is 10.5. The number of halogens is 3. The lowest BCUT2D eigenvalue weighted by Gasteiger charge is -2.06. The Labute approximate surface area is 97.1 Å². The lowest BCUT2D eigenvalue weighted by atomic mass is 10.1. The van der Waals surface area contributed by atoms with Crippen LogP contribution in [-0.2, 0) is 4.79 Å². The van der Waals surface area contributed by atoms with Gasteiger partial charge in [0.15, 0.2) is 0 Å². The van der Waals surface area contributed by atoms with Crippen molar-refractivity contribution in [2.75, 3.05) is 6.54 Å². The highest BCUT2D eigenvalue weighted by molar-refractivity contribution is 5.82. The summed E-state index contributed by atoms with van der Waals surface area (Å²) >= 11 is 0. The van der Waals surface area contributed by atoms with Crippen molar-refractivity contribution in [1.82, 2.24) is 5.32 Å². The van der Waals surface area contributed by atoms with Gasteiger partial charge < -0.3 is 5.32 Å². The first kappa shape index (κ1) is 13.3. The van der Waals surface area contributed by atoms with Crippen LogP contribution < -0.4 is 5.32 Å². The summed E-state index contributed by atoms with van der Waals surface area (Å²) in [6, 6.07) is 9.21. The summed E-state index contributed by atoms with van der Waals surface area (Å²) in [7, 11) is 0. The highest BCUT2D eigenvalue weighted by atomic mass is 19.4. The van der Waals surface area contributed by atoms with E-state index in [-0.39, 0.29) is 6.54 Å². The molecule has 0 aliphatic carbocycles. The predicted octanol–water partition coefficient (Wildman–Crippen LogP) is 2.77. The molecule has 0 aliphatic heterocycles. The molecule has 2 nitrogen and oxygen atoms in total. The molecule has 0 spiro atoms. The minimum absolute atomic E-state index is 0.140. The van der Waals surface area contributed by atoms with Gasteiger partial charge in [-0.1, -0.05) is 36.4 Å². The molecule has 1 N–H and O–H groups in total. The zero-order valence-corrected chi connectivity index (χ0v) is 9.21. The molecule has 92 valence electrons. The zero-order valence-electron chi connectivity index (χ0n) is 9.21. The molecule has 0 bridgehead atoms. The molecule has 1 aromatic carbocycles. The van der Waals surface area contributed by atoms with Crippen molar-refractivity contribution in [2.24, 2.45) is 0 Å². The Bertz CT molecular complexity index is 410. The maximum Gasteiger partial charge on any atom is 0.471 e. The summed E-state index contributed by atoms with van der Waals surface area (Å²) in [6.45, 7) is 1.63. The summed E-state index contributed by atoms with van der Waals surface area (Å²) in [6.07, 6.45) is -3.28. The minimum Gasteiger partial charge on any atom is -0.345 e. The van der Waals surface area contributed by atoms with Crippen molar-refractivity contribution in [3.05, 3.63) is 42.0 Å². The molecule has 0 saturated heterocycles. The van der Waals surface area contributed by atoms with Crippen LogP contribution in [0.4, 0.5) is 13.2 Å². The molecular weight excluding hydrogens is 231 g/mol. The van der Waals surface area contributed by atoms with E-state index in [4.69, 9.17) is 0 Å². The first-order chi connectivity index (χ1) is 7.91. The molecule has 0 atom stereocenters. The van der Waals surface area contributed by atoms with Crippen LogP contribution in [0.15, 0.2) is 36.4 Å². The maximum absolute atomic E-state index is 11.9. The average Bonchev–Trinajstić information content (AvgIpc) is 2.28. The van der Waals surface area contributed by atoms with Gasteiger partial charge in [-0.05, 0) is 18.1 Å². The van der Waals surface area contributed by atoms with Gasteiger partial charge in [0.2, 0.25) is 0 Å². The van der Waals surface area contributed by atoms with E-state index >= 15 is 0 Å². The lowest BCUT2D eigenvalue weighted by molar-refractivity contribution is -0.173. The minimum atomic E-state index is -4.82. The Balaban J connectivity index is 2.53. The fourth-order valence-corrected chi connectivity index (χ4v) is 1.22. The normalized spacial score (nSPS) is 12.4. The van der Waals surface area contributed by atoms with Crippen LogP contribution in [0.1, 0.15) is 12.5 Å². The maximum atomic E-state index is 11.9. The van der Waals surface area contributed by atoms with Crippen LogP contribution in [0, 0.1) is 0 Å². The third-order valence-electron chi connectivity index (χ3n) is 2.16. The highest BCUT2D eigenvalue weighted by Gasteiger charge is 2.37. The third-order valence-corrected chi connectivity index (χ3v) is 2.16. The number of allylic oxidation sites excluding steroid dienone is 1. The summed E-state index contributed by atoms with van der Waals surface area (Å²) < 4.78 is 35.6. The molecule has 1 rings (SSSR count). The van der Waals surface area contributed by atoms with Gasteiger partial charge in [-0.3, -0.25) is 4.79 Å². The first-order valence-corrected chi connectivity index (χ1v) is 4.98. The number of rotatable bonds is 3. The number of hydrogen-bond acceptors (Lipinski definition) is 1. The van der Waals surface area contributed by atoms with Crippen molar-refractivity contribution in [3.8, 4) is 0 Å². The second kappa shape index (κ2) is 5.52. The van der Waals surface area contributed by atoms with E-state index in [9.17, 15) is 18.0 Å². The zero-order chi connectivity index (χ0) is 12.9. The number of alkyl halides is 3. The third kappa shape index (κ3) is 4.30. The molecule has 0 heterocycles. The Hall–Kier alpha value is -1.78. The van der Waals surface area contributed by atoms with Crippen molar-refractivity contribution >= 4 is 11.5 Å². The molecule has 0 saturated carbocycles. The summed E-state index contributed by atoms with van der Waals surface area (Å²) in [5.41, 5.74) is 1.72. The largest absolute Gasteiger partial charge is 0.471 e. The van der Waals surface area contributed by atoms with Gasteiger partial charge in [0.1, 0.15) is 0 Å². The Morgan fingerprint density at radius 2 is 1.88 bits per heavy atom. The molecule has 0 aliphatic rings. The van der Waals surface area contributed by atoms with Crippen molar-refractivity contribution in [1.29, 1.82) is 0 Å². The molecule has 0 aromatic heterocycles. The van der Waals surface area contributed by atoms with Gasteiger partial charge in [0, 0.05) is 6.54 Å². The fourth-order valence-electron chi connectivity index (χ4n) is 1.22. The average molecular weight is 243 g/mol. The Morgan fingerprint density at radius 1 is 1.29 bits per heavy atom. The molecule has 17 heavy (non-hydrogen) atoms. The van der Waals surface area contributed by atoms with Crippen molar-refractivity contribution < 1.29 is 18.0 Å². The van der Waals surface area contributed by atoms with Crippen molar-refractivity contribution in [3.63, 3.8) is 0 Å². The second-order valence-corrected chi connectivity index (χ2v) is 3.46. The van der Waals surface area contributed by atoms with Crippen LogP contribution >= 0.6 is 0 Å². The highest BCUT2D eigenvalue weighted by Crippen LogP contribution is 2.14. The van der Waals surface area contributed by atoms with Crippen LogP contribution in [0.3, 0.4) is 0 Å². The van der Waals surface area contributed by atoms with E-state index in [1.54, 1.807) is 18.3 Å². The quantitative estimate of drug-likeness (QED) is 0.869. The summed E-state index contributed by atoms with van der Waals surface area (Å²) in [5.74, 6) is -1.92. The number of benzene rings is 1. The molecule has 1 amide bonds. The monoisotopic (exact) mass is 243 g/mol. The van der Waals surface area contributed by atoms with Gasteiger partial charge >= 0.3 is 12.1 Å². The van der Waals surface area contributed by atoms with Gasteiger partial charge in [-0.15, -0.1) is 0 Å². The number of carbonyl (C=O) groups excluding carboxylic acids is 1. The van der Waals surface area contributed by atoms with E-state index in [1.165, 1.54) is 0 Å². The predicted molar refractivity (Wildman–Crippen MR) is 59.2 cm³/mol. The first-order valence-electron chi connectivity index (χ1n) is 4.98. The van der Waals surface area contributed by atoms with Crippen LogP contribution in [0.5, 0.6) is 0 Å². The van der Waals surface area contributed by atoms with Crippen LogP contribution in [0.25, 0.3) is 5.57 Å². The number of carbonyl (C=O) groups is 1. The Morgan fingerprint density at radius 3 is 2.41 bits per heavy atom. The van der Waals surface area contributed by atoms with E-state index in [0.29, 0.717) is 0 Å². The molecule has 1 aromatic rings. The number of amides is 1. The molecule has 0 fully saturated rings. The number of hydrogen-bond donors (Lipinski definition) is 1. The van der Waals surface area contributed by atoms with Crippen molar-refractivity contribution in [2.45, 2.75) is 13.1 Å². The number of nitrogens with one attached hydrogen (secondary N) is 1. The molecule has 5 heteroatoms. The fraction of sp³-hybridized carbons (Fsp3) is 0.250. The van der Waals surface area contributed by atoms with E-state index in [0.717, 1.165) is 11.1 Å². The van der Waals surface area contributed by atoms with Gasteiger partial charge in [0.25, 0.3) is 0 Å². The molecule has 0 unspecified atom stereocenters.